The number of carbonyl (C=O) groups is 1. The second kappa shape index (κ2) is 8.29. The van der Waals surface area contributed by atoms with Gasteiger partial charge in [-0.15, -0.1) is 0 Å². The highest BCUT2D eigenvalue weighted by atomic mass is 19.4. The number of carbonyl (C=O) groups excluding carboxylic acids is 1. The van der Waals surface area contributed by atoms with Gasteiger partial charge in [0.1, 0.15) is 12.1 Å². The Kier molecular flexibility index (Phi) is 5.52. The Morgan fingerprint density at radius 3 is 2.62 bits per heavy atom. The molecule has 0 unspecified atom stereocenters. The minimum absolute atomic E-state index is 0.293. The Labute approximate surface area is 181 Å². The molecule has 0 bridgehead atoms. The summed E-state index contributed by atoms with van der Waals surface area (Å²) >= 11 is 0. The van der Waals surface area contributed by atoms with E-state index in [1.165, 1.54) is 16.9 Å². The number of hydrogen-bond donors (Lipinski definition) is 1. The van der Waals surface area contributed by atoms with E-state index in [0.717, 1.165) is 12.1 Å². The molecule has 0 spiro atoms. The average Bonchev–Trinajstić information content (AvgIpc) is 3.43. The van der Waals surface area contributed by atoms with Crippen LogP contribution < -0.4 is 5.32 Å². The highest BCUT2D eigenvalue weighted by Gasteiger charge is 2.30. The predicted molar refractivity (Wildman–Crippen MR) is 111 cm³/mol. The van der Waals surface area contributed by atoms with Crippen molar-refractivity contribution in [3.05, 3.63) is 89.9 Å². The van der Waals surface area contributed by atoms with Gasteiger partial charge in [0.25, 0.3) is 5.91 Å². The highest BCUT2D eigenvalue weighted by molar-refractivity contribution is 5.94. The van der Waals surface area contributed by atoms with Crippen LogP contribution >= 0.6 is 0 Å². The smallest absolute Gasteiger partial charge is 0.345 e. The third kappa shape index (κ3) is 4.25. The molecule has 0 saturated heterocycles. The molecule has 0 radical (unpaired) electrons. The van der Waals surface area contributed by atoms with Gasteiger partial charge in [-0.2, -0.15) is 18.3 Å². The Balaban J connectivity index is 1.50. The number of nitrogens with zero attached hydrogens (tertiary/aromatic N) is 5. The van der Waals surface area contributed by atoms with E-state index >= 15 is 0 Å². The van der Waals surface area contributed by atoms with Gasteiger partial charge in [-0.1, -0.05) is 6.07 Å². The molecule has 1 atom stereocenters. The van der Waals surface area contributed by atoms with Gasteiger partial charge in [0.05, 0.1) is 29.1 Å². The first kappa shape index (κ1) is 21.3. The number of aromatic nitrogens is 5. The van der Waals surface area contributed by atoms with Gasteiger partial charge in [0.2, 0.25) is 0 Å². The molecular weight excluding hydrogens is 421 g/mol. The van der Waals surface area contributed by atoms with Crippen molar-refractivity contribution in [2.45, 2.75) is 26.1 Å². The third-order valence-electron chi connectivity index (χ3n) is 5.06. The van der Waals surface area contributed by atoms with E-state index in [4.69, 9.17) is 0 Å². The van der Waals surface area contributed by atoms with Crippen LogP contribution in [0.5, 0.6) is 0 Å². The highest BCUT2D eigenvalue weighted by Crippen LogP contribution is 2.31. The van der Waals surface area contributed by atoms with Gasteiger partial charge in [0, 0.05) is 29.8 Å². The van der Waals surface area contributed by atoms with E-state index in [-0.39, 0.29) is 5.91 Å². The number of benzene rings is 1. The molecule has 4 aromatic rings. The van der Waals surface area contributed by atoms with Crippen LogP contribution in [0.4, 0.5) is 13.2 Å². The van der Waals surface area contributed by atoms with Gasteiger partial charge >= 0.3 is 6.18 Å². The summed E-state index contributed by atoms with van der Waals surface area (Å²) in [5.74, 6) is 0.304. The fourth-order valence-corrected chi connectivity index (χ4v) is 3.35. The Hall–Kier alpha value is -3.95. The zero-order chi connectivity index (χ0) is 22.9. The zero-order valence-electron chi connectivity index (χ0n) is 17.2. The van der Waals surface area contributed by atoms with Crippen molar-refractivity contribution in [3.63, 3.8) is 0 Å². The topological polar surface area (TPSA) is 77.6 Å². The van der Waals surface area contributed by atoms with Crippen molar-refractivity contribution in [1.82, 2.24) is 29.6 Å². The zero-order valence-corrected chi connectivity index (χ0v) is 17.2. The number of rotatable bonds is 5. The second-order valence-electron chi connectivity index (χ2n) is 7.22. The monoisotopic (exact) mass is 440 g/mol. The van der Waals surface area contributed by atoms with E-state index in [1.807, 2.05) is 0 Å². The summed E-state index contributed by atoms with van der Waals surface area (Å²) in [6, 6.07) is 7.89. The molecule has 1 N–H and O–H groups in total. The van der Waals surface area contributed by atoms with E-state index in [9.17, 15) is 18.0 Å². The maximum atomic E-state index is 13.0. The van der Waals surface area contributed by atoms with Gasteiger partial charge in [-0.3, -0.25) is 9.36 Å². The molecule has 0 aliphatic carbocycles. The summed E-state index contributed by atoms with van der Waals surface area (Å²) in [5, 5.41) is 7.10. The first-order valence-corrected chi connectivity index (χ1v) is 9.71. The van der Waals surface area contributed by atoms with Crippen molar-refractivity contribution in [1.29, 1.82) is 0 Å². The summed E-state index contributed by atoms with van der Waals surface area (Å²) < 4.78 is 42.3. The molecule has 3 heterocycles. The minimum Gasteiger partial charge on any atom is -0.345 e. The third-order valence-corrected chi connectivity index (χ3v) is 5.06. The van der Waals surface area contributed by atoms with Crippen molar-refractivity contribution < 1.29 is 18.0 Å². The van der Waals surface area contributed by atoms with Crippen LogP contribution in [0.1, 0.15) is 40.1 Å². The van der Waals surface area contributed by atoms with Crippen LogP contribution in [0.25, 0.3) is 11.5 Å². The van der Waals surface area contributed by atoms with E-state index in [0.29, 0.717) is 28.3 Å². The molecule has 7 nitrogen and oxygen atoms in total. The quantitative estimate of drug-likeness (QED) is 0.503. The number of alkyl halides is 3. The maximum Gasteiger partial charge on any atom is 0.416 e. The normalized spacial score (nSPS) is 12.5. The number of pyridine rings is 1. The molecule has 1 aromatic carbocycles. The Morgan fingerprint density at radius 1 is 1.16 bits per heavy atom. The predicted octanol–water partition coefficient (Wildman–Crippen LogP) is 4.27. The SMILES string of the molecule is Cc1c([C@@H](C)NC(=O)c2ccc(-n3ccnc3)nc2)cnn1-c1cccc(C(F)(F)F)c1. The van der Waals surface area contributed by atoms with Crippen LogP contribution in [0, 0.1) is 6.92 Å². The molecule has 32 heavy (non-hydrogen) atoms. The summed E-state index contributed by atoms with van der Waals surface area (Å²) in [6.45, 7) is 3.53. The minimum atomic E-state index is -4.44. The van der Waals surface area contributed by atoms with Crippen molar-refractivity contribution in [2.24, 2.45) is 0 Å². The summed E-state index contributed by atoms with van der Waals surface area (Å²) in [5.41, 5.74) is 1.24. The number of hydrogen-bond acceptors (Lipinski definition) is 4. The molecule has 10 heteroatoms. The molecular formula is C22H19F3N6O. The van der Waals surface area contributed by atoms with Crippen LogP contribution in [-0.2, 0) is 6.18 Å². The van der Waals surface area contributed by atoms with Crippen LogP contribution in [0.15, 0.2) is 67.5 Å². The first-order valence-electron chi connectivity index (χ1n) is 9.71. The molecule has 4 rings (SSSR count). The lowest BCUT2D eigenvalue weighted by molar-refractivity contribution is -0.137. The maximum absolute atomic E-state index is 13.0. The fraction of sp³-hybridized carbons (Fsp3) is 0.182. The van der Waals surface area contributed by atoms with E-state index < -0.39 is 17.8 Å². The fourth-order valence-electron chi connectivity index (χ4n) is 3.35. The van der Waals surface area contributed by atoms with Crippen molar-refractivity contribution in [2.75, 3.05) is 0 Å². The lowest BCUT2D eigenvalue weighted by Gasteiger charge is -2.15. The van der Waals surface area contributed by atoms with Gasteiger partial charge < -0.3 is 5.32 Å². The average molecular weight is 440 g/mol. The van der Waals surface area contributed by atoms with Crippen LogP contribution in [0.3, 0.4) is 0 Å². The molecule has 0 saturated carbocycles. The van der Waals surface area contributed by atoms with Gasteiger partial charge in [-0.25, -0.2) is 14.6 Å². The molecule has 164 valence electrons. The molecule has 0 aliphatic rings. The van der Waals surface area contributed by atoms with Crippen LogP contribution in [-0.4, -0.2) is 30.2 Å². The Morgan fingerprint density at radius 2 is 1.97 bits per heavy atom. The molecule has 3 aromatic heterocycles. The summed E-state index contributed by atoms with van der Waals surface area (Å²) in [4.78, 5) is 20.9. The number of nitrogens with one attached hydrogen (secondary N) is 1. The molecule has 0 fully saturated rings. The lowest BCUT2D eigenvalue weighted by atomic mass is 10.1. The van der Waals surface area contributed by atoms with Gasteiger partial charge in [-0.05, 0) is 44.2 Å². The Bertz CT molecular complexity index is 1230. The second-order valence-corrected chi connectivity index (χ2v) is 7.22. The standard InChI is InChI=1S/C22H19F3N6O/c1-14(29-21(32)16-6-7-20(27-11-16)30-9-8-26-13-30)19-12-28-31(15(19)2)18-5-3-4-17(10-18)22(23,24)25/h3-14H,1-2H3,(H,29,32)/t14-/m1/s1. The summed E-state index contributed by atoms with van der Waals surface area (Å²) in [7, 11) is 0. The van der Waals surface area contributed by atoms with Crippen LogP contribution in [0.2, 0.25) is 0 Å². The molecule has 1 amide bonds. The number of amides is 1. The van der Waals surface area contributed by atoms with E-state index in [2.05, 4.69) is 20.4 Å². The largest absolute Gasteiger partial charge is 0.416 e. The van der Waals surface area contributed by atoms with Gasteiger partial charge in [0.15, 0.2) is 0 Å². The molecule has 0 aliphatic heterocycles. The number of imidazole rings is 1. The van der Waals surface area contributed by atoms with Crippen molar-refractivity contribution >= 4 is 5.91 Å². The number of halogens is 3. The summed E-state index contributed by atoms with van der Waals surface area (Å²) in [6.07, 6.45) is 3.55. The van der Waals surface area contributed by atoms with Crippen molar-refractivity contribution in [3.8, 4) is 11.5 Å². The van der Waals surface area contributed by atoms with E-state index in [1.54, 1.807) is 61.5 Å². The lowest BCUT2D eigenvalue weighted by Crippen LogP contribution is -2.27. The first-order chi connectivity index (χ1) is 15.2.